The van der Waals surface area contributed by atoms with Crippen molar-refractivity contribution in [2.45, 2.75) is 19.4 Å². The number of carbonyl (C=O) groups excluding carboxylic acids is 1. The number of phosphoric acid groups is 1. The minimum absolute atomic E-state index is 0.268. The van der Waals surface area contributed by atoms with E-state index in [1.165, 1.54) is 47.3 Å². The van der Waals surface area contributed by atoms with Crippen LogP contribution in [0.5, 0.6) is 23.0 Å². The van der Waals surface area contributed by atoms with Crippen molar-refractivity contribution in [1.82, 2.24) is 15.0 Å². The van der Waals surface area contributed by atoms with E-state index in [-0.39, 0.29) is 23.2 Å². The van der Waals surface area contributed by atoms with Crippen LogP contribution >= 0.6 is 7.82 Å². The third-order valence-corrected chi connectivity index (χ3v) is 5.74. The van der Waals surface area contributed by atoms with Gasteiger partial charge in [-0.2, -0.15) is 4.98 Å². The number of fused-ring (bicyclic) bond motifs is 1. The number of hydrogen-bond donors (Lipinski definition) is 4. The number of carbonyl (C=O) groups is 1. The van der Waals surface area contributed by atoms with Gasteiger partial charge in [0.25, 0.3) is 5.91 Å². The summed E-state index contributed by atoms with van der Waals surface area (Å²) in [4.78, 5) is 43.9. The molecule has 1 aromatic carbocycles. The molecule has 4 N–H and O–H groups in total. The highest BCUT2D eigenvalue weighted by Crippen LogP contribution is 2.42. The van der Waals surface area contributed by atoms with Crippen molar-refractivity contribution >= 4 is 42.8 Å². The minimum atomic E-state index is -5.04. The molecule has 0 unspecified atom stereocenters. The fourth-order valence-electron chi connectivity index (χ4n) is 3.51. The van der Waals surface area contributed by atoms with E-state index in [4.69, 9.17) is 32.8 Å². The van der Waals surface area contributed by atoms with Crippen LogP contribution < -0.4 is 34.5 Å². The molecule has 0 atom stereocenters. The Morgan fingerprint density at radius 1 is 1.12 bits per heavy atom. The Labute approximate surface area is 231 Å². The second kappa shape index (κ2) is 11.1. The van der Waals surface area contributed by atoms with Crippen LogP contribution in [-0.4, -0.2) is 64.3 Å². The summed E-state index contributed by atoms with van der Waals surface area (Å²) in [5, 5.41) is 5.22. The van der Waals surface area contributed by atoms with E-state index in [9.17, 15) is 9.36 Å². The molecule has 1 aliphatic heterocycles. The molecular weight excluding hydrogens is 554 g/mol. The molecule has 40 heavy (non-hydrogen) atoms. The predicted octanol–water partition coefficient (Wildman–Crippen LogP) is 3.09. The summed E-state index contributed by atoms with van der Waals surface area (Å²) in [6, 6.07) is 1.82. The average molecular weight is 583 g/mol. The number of phosphoric ester groups is 1. The van der Waals surface area contributed by atoms with Crippen molar-refractivity contribution in [3.8, 4) is 23.0 Å². The zero-order valence-electron chi connectivity index (χ0n) is 24.7. The molecule has 0 saturated heterocycles. The largest absolute Gasteiger partial charge is 0.493 e. The number of aromatic nitrogens is 3. The van der Waals surface area contributed by atoms with Crippen LogP contribution in [0.2, 0.25) is 0 Å². The first kappa shape index (κ1) is 24.8. The molecule has 3 heterocycles. The second-order valence-electron chi connectivity index (χ2n) is 8.44. The lowest BCUT2D eigenvalue weighted by Gasteiger charge is -2.37. The average Bonchev–Trinajstić information content (AvgIpc) is 2.94. The molecule has 0 saturated carbocycles. The van der Waals surface area contributed by atoms with Crippen LogP contribution in [0.15, 0.2) is 30.4 Å². The predicted molar refractivity (Wildman–Crippen MR) is 139 cm³/mol. The third-order valence-electron chi connectivity index (χ3n) is 5.29. The van der Waals surface area contributed by atoms with Crippen LogP contribution in [0, 0.1) is 5.82 Å². The highest BCUT2D eigenvalue weighted by atomic mass is 31.2. The normalized spacial score (nSPS) is 15.2. The lowest BCUT2D eigenvalue weighted by Crippen LogP contribution is -2.53. The summed E-state index contributed by atoms with van der Waals surface area (Å²) < 4.78 is 77.1. The molecule has 4 rings (SSSR count). The Morgan fingerprint density at radius 2 is 1.80 bits per heavy atom. The van der Waals surface area contributed by atoms with Crippen LogP contribution in [0.25, 0.3) is 0 Å². The van der Waals surface area contributed by atoms with E-state index in [1.807, 2.05) is 0 Å². The maximum Gasteiger partial charge on any atom is 0.471 e. The summed E-state index contributed by atoms with van der Waals surface area (Å²) in [7, 11) is -0.808. The zero-order valence-corrected chi connectivity index (χ0v) is 22.6. The molecule has 1 amide bonds. The number of halogens is 1. The fourth-order valence-corrected chi connectivity index (χ4v) is 3.78. The van der Waals surface area contributed by atoms with Crippen molar-refractivity contribution in [2.75, 3.05) is 43.6 Å². The van der Waals surface area contributed by atoms with Crippen molar-refractivity contribution in [3.63, 3.8) is 0 Å². The number of nitrogens with one attached hydrogen (secondary N) is 2. The number of ether oxygens (including phenoxy) is 4. The van der Waals surface area contributed by atoms with E-state index in [2.05, 4.69) is 30.1 Å². The number of rotatable bonds is 10. The smallest absolute Gasteiger partial charge is 0.471 e. The van der Waals surface area contributed by atoms with Gasteiger partial charge in [-0.05, 0) is 25.9 Å². The second-order valence-corrected chi connectivity index (χ2v) is 9.68. The zero-order chi connectivity index (χ0) is 31.9. The molecule has 17 heteroatoms. The van der Waals surface area contributed by atoms with Gasteiger partial charge < -0.3 is 39.4 Å². The Hall–Kier alpha value is -4.24. The number of anilines is 5. The first-order chi connectivity index (χ1) is 20.1. The van der Waals surface area contributed by atoms with Gasteiger partial charge in [0.2, 0.25) is 11.7 Å². The van der Waals surface area contributed by atoms with Gasteiger partial charge in [0.05, 0.1) is 31.6 Å². The van der Waals surface area contributed by atoms with Gasteiger partial charge in [0, 0.05) is 17.8 Å². The van der Waals surface area contributed by atoms with Gasteiger partial charge in [-0.1, -0.05) is 0 Å². The summed E-state index contributed by atoms with van der Waals surface area (Å²) in [5.41, 5.74) is -1.30. The van der Waals surface area contributed by atoms with E-state index < -0.39 is 67.6 Å². The summed E-state index contributed by atoms with van der Waals surface area (Å²) >= 11 is 0. The molecule has 15 nitrogen and oxygen atoms in total. The van der Waals surface area contributed by atoms with E-state index in [1.54, 1.807) is 0 Å². The summed E-state index contributed by atoms with van der Waals surface area (Å²) in [6.07, 6.45) is -0.847. The number of nitrogens with zero attached hydrogens (tertiary/aromatic N) is 4. The van der Waals surface area contributed by atoms with E-state index in [0.29, 0.717) is 16.3 Å². The molecular formula is C23H26FN6O9P. The van der Waals surface area contributed by atoms with Gasteiger partial charge in [-0.3, -0.25) is 14.2 Å². The molecule has 2 aromatic heterocycles. The fraction of sp³-hybridized carbons (Fsp3) is 0.304. The van der Waals surface area contributed by atoms with Gasteiger partial charge >= 0.3 is 7.82 Å². The highest BCUT2D eigenvalue weighted by molar-refractivity contribution is 7.46. The maximum absolute atomic E-state index is 15.0. The van der Waals surface area contributed by atoms with Gasteiger partial charge in [-0.25, -0.2) is 18.9 Å². The van der Waals surface area contributed by atoms with Crippen LogP contribution in [0.1, 0.15) is 18.0 Å². The van der Waals surface area contributed by atoms with Gasteiger partial charge in [0.1, 0.15) is 12.5 Å². The quantitative estimate of drug-likeness (QED) is 0.255. The molecule has 3 aromatic rings. The SMILES string of the molecule is [2H]c1nc(Nc2cc(OC)c(OC)c(OC)c2)nc(Nc2nc3c(c([2H])c2[2H])OC(C)(C)C(=O)N3COP(=O)(O)O)c1F. The Balaban J connectivity index is 1.75. The van der Waals surface area contributed by atoms with E-state index >= 15 is 4.39 Å². The van der Waals surface area contributed by atoms with Gasteiger partial charge in [-0.15, -0.1) is 0 Å². The van der Waals surface area contributed by atoms with Crippen molar-refractivity contribution in [2.24, 2.45) is 0 Å². The van der Waals surface area contributed by atoms with Crippen molar-refractivity contribution in [1.29, 1.82) is 0 Å². The van der Waals surface area contributed by atoms with Crippen LogP contribution in [-0.2, 0) is 13.9 Å². The number of pyridine rings is 1. The van der Waals surface area contributed by atoms with Crippen molar-refractivity contribution < 1.29 is 51.1 Å². The Bertz CT molecular complexity index is 1620. The monoisotopic (exact) mass is 583 g/mol. The minimum Gasteiger partial charge on any atom is -0.493 e. The topological polar surface area (TPSA) is 187 Å². The lowest BCUT2D eigenvalue weighted by molar-refractivity contribution is -0.133. The lowest BCUT2D eigenvalue weighted by atomic mass is 10.1. The molecule has 0 bridgehead atoms. The number of amides is 1. The maximum atomic E-state index is 15.0. The highest BCUT2D eigenvalue weighted by Gasteiger charge is 2.42. The van der Waals surface area contributed by atoms with Gasteiger partial charge in [0.15, 0.2) is 40.3 Å². The number of hydrogen-bond acceptors (Lipinski definition) is 12. The number of methoxy groups -OCH3 is 3. The summed E-state index contributed by atoms with van der Waals surface area (Å²) in [6.45, 7) is 1.70. The molecule has 0 radical (unpaired) electrons. The van der Waals surface area contributed by atoms with Crippen LogP contribution in [0.3, 0.4) is 0 Å². The molecule has 0 fully saturated rings. The molecule has 0 aliphatic carbocycles. The molecule has 1 aliphatic rings. The molecule has 214 valence electrons. The Morgan fingerprint density at radius 3 is 2.40 bits per heavy atom. The van der Waals surface area contributed by atoms with E-state index in [0.717, 1.165) is 0 Å². The first-order valence-electron chi connectivity index (χ1n) is 12.7. The first-order valence-corrected chi connectivity index (χ1v) is 12.7. The standard InChI is InChI=1S/C23H26FN6O9P/c1-23(2)21(31)30(11-38-40(32,33)34)20-14(39-23)6-7-17(28-20)27-19-13(24)10-25-22(29-19)26-12-8-15(35-3)18(37-5)16(9-12)36-4/h6-10H,11H2,1-5H3,(H2,32,33,34)(H2,25,26,27,28,29)/i6D,7D,10D. The third kappa shape index (κ3) is 6.15. The Kier molecular flexibility index (Phi) is 6.87. The summed E-state index contributed by atoms with van der Waals surface area (Å²) in [5.74, 6) is -3.40. The van der Waals surface area contributed by atoms with Crippen LogP contribution in [0.4, 0.5) is 33.5 Å². The number of benzene rings is 1. The van der Waals surface area contributed by atoms with Crippen molar-refractivity contribution in [3.05, 3.63) is 36.2 Å². The molecule has 0 spiro atoms.